The van der Waals surface area contributed by atoms with Crippen LogP contribution >= 0.6 is 23.2 Å². The third-order valence-electron chi connectivity index (χ3n) is 3.71. The van der Waals surface area contributed by atoms with Gasteiger partial charge in [0, 0.05) is 13.2 Å². The van der Waals surface area contributed by atoms with Crippen LogP contribution in [0.2, 0.25) is 10.0 Å². The smallest absolute Gasteiger partial charge is 0.0595 e. The second-order valence-electron chi connectivity index (χ2n) is 4.77. The largest absolute Gasteiger partial charge is 0.381 e. The molecule has 0 aliphatic carbocycles. The molecule has 0 amide bonds. The summed E-state index contributed by atoms with van der Waals surface area (Å²) < 4.78 is 5.49. The van der Waals surface area contributed by atoms with Crippen molar-refractivity contribution in [2.45, 2.75) is 38.0 Å². The lowest BCUT2D eigenvalue weighted by molar-refractivity contribution is 0.0465. The second kappa shape index (κ2) is 5.60. The van der Waals surface area contributed by atoms with E-state index in [-0.39, 0.29) is 5.41 Å². The molecule has 2 rings (SSSR count). The monoisotopic (exact) mass is 272 g/mol. The van der Waals surface area contributed by atoms with Crippen molar-refractivity contribution in [3.63, 3.8) is 0 Å². The van der Waals surface area contributed by atoms with Crippen molar-refractivity contribution >= 4 is 23.2 Å². The van der Waals surface area contributed by atoms with Gasteiger partial charge in [0.1, 0.15) is 0 Å². The van der Waals surface area contributed by atoms with E-state index in [0.717, 1.165) is 26.1 Å². The number of rotatable bonds is 3. The quantitative estimate of drug-likeness (QED) is 0.765. The fraction of sp³-hybridized carbons (Fsp3) is 0.571. The fourth-order valence-corrected chi connectivity index (χ4v) is 3.05. The molecule has 0 saturated carbocycles. The molecule has 17 heavy (non-hydrogen) atoms. The van der Waals surface area contributed by atoms with Gasteiger partial charge in [0.15, 0.2) is 0 Å². The Balaban J connectivity index is 2.34. The highest BCUT2D eigenvalue weighted by molar-refractivity contribution is 6.42. The van der Waals surface area contributed by atoms with Crippen molar-refractivity contribution in [1.82, 2.24) is 0 Å². The van der Waals surface area contributed by atoms with Crippen LogP contribution in [0.25, 0.3) is 0 Å². The van der Waals surface area contributed by atoms with Gasteiger partial charge in [-0.1, -0.05) is 42.6 Å². The average molecular weight is 273 g/mol. The Labute approximate surface area is 113 Å². The van der Waals surface area contributed by atoms with E-state index in [1.807, 2.05) is 12.1 Å². The van der Waals surface area contributed by atoms with Crippen LogP contribution in [0, 0.1) is 0 Å². The summed E-state index contributed by atoms with van der Waals surface area (Å²) in [7, 11) is 0. The van der Waals surface area contributed by atoms with Gasteiger partial charge in [0.2, 0.25) is 0 Å². The molecule has 1 aromatic carbocycles. The normalized spacial score (nSPS) is 19.2. The molecule has 0 N–H and O–H groups in total. The minimum absolute atomic E-state index is 0.237. The molecule has 0 radical (unpaired) electrons. The Hall–Kier alpha value is -0.240. The zero-order valence-corrected chi connectivity index (χ0v) is 11.7. The molecular weight excluding hydrogens is 255 g/mol. The van der Waals surface area contributed by atoms with Gasteiger partial charge in [-0.3, -0.25) is 0 Å². The Kier molecular flexibility index (Phi) is 4.35. The Morgan fingerprint density at radius 1 is 1.18 bits per heavy atom. The molecule has 0 aromatic heterocycles. The number of ether oxygens (including phenoxy) is 1. The number of hydrogen-bond acceptors (Lipinski definition) is 1. The van der Waals surface area contributed by atoms with E-state index in [0.29, 0.717) is 10.0 Å². The van der Waals surface area contributed by atoms with E-state index in [1.165, 1.54) is 18.4 Å². The molecule has 1 aliphatic heterocycles. The first kappa shape index (κ1) is 13.2. The zero-order valence-electron chi connectivity index (χ0n) is 10.1. The first-order valence-corrected chi connectivity index (χ1v) is 6.97. The number of hydrogen-bond donors (Lipinski definition) is 0. The molecule has 0 bridgehead atoms. The van der Waals surface area contributed by atoms with Gasteiger partial charge in [-0.25, -0.2) is 0 Å². The van der Waals surface area contributed by atoms with Crippen molar-refractivity contribution < 1.29 is 4.74 Å². The van der Waals surface area contributed by atoms with Gasteiger partial charge >= 0.3 is 0 Å². The van der Waals surface area contributed by atoms with Crippen molar-refractivity contribution in [1.29, 1.82) is 0 Å². The predicted molar refractivity (Wildman–Crippen MR) is 73.1 cm³/mol. The summed E-state index contributed by atoms with van der Waals surface area (Å²) in [6.07, 6.45) is 4.53. The van der Waals surface area contributed by atoms with Crippen LogP contribution in [-0.4, -0.2) is 13.2 Å². The van der Waals surface area contributed by atoms with E-state index >= 15 is 0 Å². The first-order valence-electron chi connectivity index (χ1n) is 6.21. The first-order chi connectivity index (χ1) is 8.18. The Morgan fingerprint density at radius 2 is 1.88 bits per heavy atom. The topological polar surface area (TPSA) is 9.23 Å². The SMILES string of the molecule is CCCC1(c2ccc(Cl)c(Cl)c2)CCOCC1. The lowest BCUT2D eigenvalue weighted by Crippen LogP contribution is -2.33. The highest BCUT2D eigenvalue weighted by atomic mass is 35.5. The lowest BCUT2D eigenvalue weighted by atomic mass is 9.71. The van der Waals surface area contributed by atoms with E-state index in [2.05, 4.69) is 13.0 Å². The van der Waals surface area contributed by atoms with Crippen molar-refractivity contribution in [2.24, 2.45) is 0 Å². The van der Waals surface area contributed by atoms with Crippen LogP contribution in [0.4, 0.5) is 0 Å². The number of benzene rings is 1. The Morgan fingerprint density at radius 3 is 2.47 bits per heavy atom. The molecule has 1 fully saturated rings. The molecule has 1 aromatic rings. The molecule has 3 heteroatoms. The minimum atomic E-state index is 0.237. The molecule has 1 nitrogen and oxygen atoms in total. The molecule has 1 heterocycles. The average Bonchev–Trinajstić information content (AvgIpc) is 2.34. The highest BCUT2D eigenvalue weighted by Gasteiger charge is 2.33. The van der Waals surface area contributed by atoms with Gasteiger partial charge in [-0.15, -0.1) is 0 Å². The summed E-state index contributed by atoms with van der Waals surface area (Å²) in [6, 6.07) is 6.06. The molecular formula is C14H18Cl2O. The molecule has 0 unspecified atom stereocenters. The maximum atomic E-state index is 6.13. The standard InChI is InChI=1S/C14H18Cl2O/c1-2-5-14(6-8-17-9-7-14)11-3-4-12(15)13(16)10-11/h3-4,10H,2,5-9H2,1H3. The maximum absolute atomic E-state index is 6.13. The summed E-state index contributed by atoms with van der Waals surface area (Å²) in [6.45, 7) is 3.93. The lowest BCUT2D eigenvalue weighted by Gasteiger charge is -2.38. The third kappa shape index (κ3) is 2.78. The van der Waals surface area contributed by atoms with Crippen LogP contribution < -0.4 is 0 Å². The van der Waals surface area contributed by atoms with Crippen molar-refractivity contribution in [2.75, 3.05) is 13.2 Å². The molecule has 0 spiro atoms. The van der Waals surface area contributed by atoms with Gasteiger partial charge in [-0.2, -0.15) is 0 Å². The van der Waals surface area contributed by atoms with Crippen LogP contribution in [0.3, 0.4) is 0 Å². The maximum Gasteiger partial charge on any atom is 0.0595 e. The minimum Gasteiger partial charge on any atom is -0.381 e. The summed E-state index contributed by atoms with van der Waals surface area (Å²) in [5.41, 5.74) is 1.55. The Bertz CT molecular complexity index is 378. The summed E-state index contributed by atoms with van der Waals surface area (Å²) in [4.78, 5) is 0. The second-order valence-corrected chi connectivity index (χ2v) is 5.59. The van der Waals surface area contributed by atoms with E-state index in [4.69, 9.17) is 27.9 Å². The van der Waals surface area contributed by atoms with Gasteiger partial charge in [0.25, 0.3) is 0 Å². The van der Waals surface area contributed by atoms with E-state index in [9.17, 15) is 0 Å². The van der Waals surface area contributed by atoms with E-state index in [1.54, 1.807) is 0 Å². The summed E-state index contributed by atoms with van der Waals surface area (Å²) in [5, 5.41) is 1.29. The van der Waals surface area contributed by atoms with Crippen LogP contribution in [-0.2, 0) is 10.2 Å². The van der Waals surface area contributed by atoms with Gasteiger partial charge in [-0.05, 0) is 42.4 Å². The molecule has 1 saturated heterocycles. The van der Waals surface area contributed by atoms with Gasteiger partial charge < -0.3 is 4.74 Å². The number of halogens is 2. The van der Waals surface area contributed by atoms with Crippen molar-refractivity contribution in [3.05, 3.63) is 33.8 Å². The van der Waals surface area contributed by atoms with Crippen LogP contribution in [0.1, 0.15) is 38.2 Å². The molecule has 1 aliphatic rings. The fourth-order valence-electron chi connectivity index (χ4n) is 2.75. The van der Waals surface area contributed by atoms with Crippen molar-refractivity contribution in [3.8, 4) is 0 Å². The molecule has 94 valence electrons. The van der Waals surface area contributed by atoms with E-state index < -0.39 is 0 Å². The predicted octanol–water partition coefficient (Wildman–Crippen LogP) is 4.84. The third-order valence-corrected chi connectivity index (χ3v) is 4.45. The van der Waals surface area contributed by atoms with Crippen LogP contribution in [0.15, 0.2) is 18.2 Å². The molecule has 0 atom stereocenters. The highest BCUT2D eigenvalue weighted by Crippen LogP contribution is 2.40. The van der Waals surface area contributed by atoms with Gasteiger partial charge in [0.05, 0.1) is 10.0 Å². The summed E-state index contributed by atoms with van der Waals surface area (Å²) in [5.74, 6) is 0. The van der Waals surface area contributed by atoms with Crippen LogP contribution in [0.5, 0.6) is 0 Å². The summed E-state index contributed by atoms with van der Waals surface area (Å²) >= 11 is 12.1. The zero-order chi connectivity index (χ0) is 12.3.